The van der Waals surface area contributed by atoms with Crippen molar-refractivity contribution in [2.75, 3.05) is 19.8 Å². The topological polar surface area (TPSA) is 44.8 Å². The molecule has 0 spiro atoms. The fourth-order valence-corrected chi connectivity index (χ4v) is 1.88. The van der Waals surface area contributed by atoms with Gasteiger partial charge in [-0.3, -0.25) is 0 Å². The van der Waals surface area contributed by atoms with Crippen LogP contribution in [-0.4, -0.2) is 37.8 Å². The summed E-state index contributed by atoms with van der Waals surface area (Å²) in [5.74, 6) is -5.63. The van der Waals surface area contributed by atoms with E-state index in [1.54, 1.807) is 0 Å². The zero-order valence-corrected chi connectivity index (χ0v) is 11.7. The van der Waals surface area contributed by atoms with Crippen LogP contribution in [0.3, 0.4) is 0 Å². The number of alkyl halides is 3. The number of esters is 1. The van der Waals surface area contributed by atoms with Crippen molar-refractivity contribution in [1.29, 1.82) is 0 Å². The monoisotopic (exact) mass is 286 g/mol. The molecule has 0 heterocycles. The van der Waals surface area contributed by atoms with Crippen LogP contribution in [0.1, 0.15) is 34.1 Å². The van der Waals surface area contributed by atoms with E-state index >= 15 is 0 Å². The summed E-state index contributed by atoms with van der Waals surface area (Å²) in [5.41, 5.74) is 0. The molecule has 0 rings (SSSR count). The van der Waals surface area contributed by atoms with Gasteiger partial charge in [-0.25, -0.2) is 4.79 Å². The minimum absolute atomic E-state index is 0.0466. The van der Waals surface area contributed by atoms with E-state index in [2.05, 4.69) is 0 Å². The summed E-state index contributed by atoms with van der Waals surface area (Å²) >= 11 is 0. The Morgan fingerprint density at radius 1 is 1.00 bits per heavy atom. The van der Waals surface area contributed by atoms with Gasteiger partial charge in [-0.2, -0.15) is 13.2 Å². The average molecular weight is 286 g/mol. The molecule has 0 aromatic heterocycles. The molecule has 0 saturated carbocycles. The Morgan fingerprint density at radius 2 is 1.47 bits per heavy atom. The Morgan fingerprint density at radius 3 is 1.74 bits per heavy atom. The van der Waals surface area contributed by atoms with Crippen LogP contribution in [-0.2, 0) is 19.0 Å². The minimum atomic E-state index is -4.62. The maximum Gasteiger partial charge on any atom is 0.397 e. The van der Waals surface area contributed by atoms with Gasteiger partial charge >= 0.3 is 12.1 Å². The van der Waals surface area contributed by atoms with E-state index < -0.39 is 23.9 Å². The molecule has 0 aromatic carbocycles. The summed E-state index contributed by atoms with van der Waals surface area (Å²) in [5, 5.41) is 0. The third-order valence-corrected chi connectivity index (χ3v) is 2.54. The number of carbonyl (C=O) groups excluding carboxylic acids is 1. The highest BCUT2D eigenvalue weighted by atomic mass is 19.4. The molecular weight excluding hydrogens is 265 g/mol. The molecule has 1 atom stereocenters. The van der Waals surface area contributed by atoms with Gasteiger partial charge in [0.1, 0.15) is 5.92 Å². The first-order valence-corrected chi connectivity index (χ1v) is 6.31. The number of halogens is 3. The van der Waals surface area contributed by atoms with Gasteiger partial charge in [0.05, 0.1) is 6.61 Å². The zero-order chi connectivity index (χ0) is 15.1. The highest BCUT2D eigenvalue weighted by Gasteiger charge is 2.60. The van der Waals surface area contributed by atoms with E-state index in [9.17, 15) is 18.0 Å². The molecule has 0 aliphatic heterocycles. The van der Waals surface area contributed by atoms with Crippen LogP contribution in [0.15, 0.2) is 0 Å². The third-order valence-electron chi connectivity index (χ3n) is 2.54. The second-order valence-electron chi connectivity index (χ2n) is 3.76. The Balaban J connectivity index is 5.59. The summed E-state index contributed by atoms with van der Waals surface area (Å²) < 4.78 is 54.1. The highest BCUT2D eigenvalue weighted by molar-refractivity contribution is 5.78. The first kappa shape index (κ1) is 18.2. The van der Waals surface area contributed by atoms with Gasteiger partial charge in [-0.15, -0.1) is 0 Å². The summed E-state index contributed by atoms with van der Waals surface area (Å²) in [6.07, 6.45) is -4.96. The number of hydrogen-bond donors (Lipinski definition) is 0. The van der Waals surface area contributed by atoms with E-state index in [4.69, 9.17) is 14.2 Å². The number of carbonyl (C=O) groups is 1. The van der Waals surface area contributed by atoms with Gasteiger partial charge in [0, 0.05) is 13.2 Å². The molecule has 0 aromatic rings. The van der Waals surface area contributed by atoms with Crippen LogP contribution in [0, 0.1) is 5.92 Å². The molecule has 0 radical (unpaired) electrons. The first-order chi connectivity index (χ1) is 8.80. The molecule has 4 nitrogen and oxygen atoms in total. The van der Waals surface area contributed by atoms with Crippen molar-refractivity contribution in [3.05, 3.63) is 0 Å². The van der Waals surface area contributed by atoms with Crippen LogP contribution in [0.2, 0.25) is 0 Å². The molecule has 0 fully saturated rings. The lowest BCUT2D eigenvalue weighted by molar-refractivity contribution is -0.320. The number of rotatable bonds is 8. The molecule has 1 unspecified atom stereocenters. The fraction of sp³-hybridized carbons (Fsp3) is 0.917. The van der Waals surface area contributed by atoms with Crippen LogP contribution in [0.25, 0.3) is 0 Å². The summed E-state index contributed by atoms with van der Waals surface area (Å²) in [7, 11) is 0. The van der Waals surface area contributed by atoms with Crippen molar-refractivity contribution >= 4 is 5.97 Å². The molecule has 0 amide bonds. The average Bonchev–Trinajstić information content (AvgIpc) is 2.28. The lowest BCUT2D eigenvalue weighted by Crippen LogP contribution is -2.56. The quantitative estimate of drug-likeness (QED) is 0.508. The Labute approximate surface area is 111 Å². The highest BCUT2D eigenvalue weighted by Crippen LogP contribution is 2.40. The Hall–Kier alpha value is -0.820. The van der Waals surface area contributed by atoms with Gasteiger partial charge in [0.2, 0.25) is 0 Å². The van der Waals surface area contributed by atoms with Crippen LogP contribution in [0.4, 0.5) is 13.2 Å². The van der Waals surface area contributed by atoms with Crippen molar-refractivity contribution in [3.63, 3.8) is 0 Å². The van der Waals surface area contributed by atoms with E-state index in [-0.39, 0.29) is 26.2 Å². The third kappa shape index (κ3) is 4.35. The van der Waals surface area contributed by atoms with E-state index in [1.165, 1.54) is 27.7 Å². The summed E-state index contributed by atoms with van der Waals surface area (Å²) in [6.45, 7) is 5.59. The van der Waals surface area contributed by atoms with E-state index in [0.717, 1.165) is 0 Å². The molecule has 0 bridgehead atoms. The lowest BCUT2D eigenvalue weighted by atomic mass is 9.94. The largest absolute Gasteiger partial charge is 0.462 e. The Kier molecular flexibility index (Phi) is 7.36. The smallest absolute Gasteiger partial charge is 0.397 e. The zero-order valence-electron chi connectivity index (χ0n) is 11.7. The molecule has 19 heavy (non-hydrogen) atoms. The van der Waals surface area contributed by atoms with Crippen molar-refractivity contribution in [2.45, 2.75) is 46.1 Å². The Bertz CT molecular complexity index is 273. The fourth-order valence-electron chi connectivity index (χ4n) is 1.88. The van der Waals surface area contributed by atoms with Gasteiger partial charge in [-0.05, 0) is 27.2 Å². The van der Waals surface area contributed by atoms with Gasteiger partial charge in [0.25, 0.3) is 5.79 Å². The van der Waals surface area contributed by atoms with Crippen molar-refractivity contribution < 1.29 is 32.2 Å². The standard InChI is InChI=1S/C12H21F3O4/c1-5-9(12(13,14)15)11(18-7-3,19-8-4)10(16)17-6-2/h9H,5-8H2,1-4H3. The first-order valence-electron chi connectivity index (χ1n) is 6.31. The van der Waals surface area contributed by atoms with Crippen molar-refractivity contribution in [2.24, 2.45) is 5.92 Å². The summed E-state index contributed by atoms with van der Waals surface area (Å²) in [6, 6.07) is 0. The van der Waals surface area contributed by atoms with Crippen molar-refractivity contribution in [1.82, 2.24) is 0 Å². The second-order valence-corrected chi connectivity index (χ2v) is 3.76. The normalized spacial score (nSPS) is 14.3. The second kappa shape index (κ2) is 7.69. The number of hydrogen-bond acceptors (Lipinski definition) is 4. The molecule has 0 aliphatic carbocycles. The maximum absolute atomic E-state index is 13.1. The van der Waals surface area contributed by atoms with Gasteiger partial charge in [0.15, 0.2) is 0 Å². The molecule has 0 saturated heterocycles. The van der Waals surface area contributed by atoms with Crippen LogP contribution >= 0.6 is 0 Å². The van der Waals surface area contributed by atoms with Crippen molar-refractivity contribution in [3.8, 4) is 0 Å². The lowest BCUT2D eigenvalue weighted by Gasteiger charge is -2.37. The van der Waals surface area contributed by atoms with Gasteiger partial charge < -0.3 is 14.2 Å². The number of ether oxygens (including phenoxy) is 3. The van der Waals surface area contributed by atoms with Gasteiger partial charge in [-0.1, -0.05) is 6.92 Å². The predicted molar refractivity (Wildman–Crippen MR) is 62.5 cm³/mol. The molecular formula is C12H21F3O4. The minimum Gasteiger partial charge on any atom is -0.462 e. The predicted octanol–water partition coefficient (Wildman–Crippen LogP) is 2.91. The molecule has 0 aliphatic rings. The summed E-state index contributed by atoms with van der Waals surface area (Å²) in [4.78, 5) is 11.9. The van der Waals surface area contributed by atoms with E-state index in [0.29, 0.717) is 0 Å². The molecule has 114 valence electrons. The van der Waals surface area contributed by atoms with Crippen LogP contribution < -0.4 is 0 Å². The van der Waals surface area contributed by atoms with Crippen LogP contribution in [0.5, 0.6) is 0 Å². The maximum atomic E-state index is 13.1. The molecule has 0 N–H and O–H groups in total. The van der Waals surface area contributed by atoms with E-state index in [1.807, 2.05) is 0 Å². The molecule has 7 heteroatoms. The SMILES string of the molecule is CCOC(=O)C(OCC)(OCC)C(CC)C(F)(F)F.